The van der Waals surface area contributed by atoms with Crippen LogP contribution in [0.15, 0.2) is 91.0 Å². The Morgan fingerprint density at radius 3 is 0.857 bits per heavy atom. The van der Waals surface area contributed by atoms with Gasteiger partial charge in [-0.15, -0.1) is 0 Å². The lowest BCUT2D eigenvalue weighted by molar-refractivity contribution is 1.16. The molecule has 0 saturated heterocycles. The van der Waals surface area contributed by atoms with E-state index in [1.165, 1.54) is 36.3 Å². The highest BCUT2D eigenvalue weighted by Crippen LogP contribution is 2.36. The van der Waals surface area contributed by atoms with Crippen molar-refractivity contribution in [3.8, 4) is 0 Å². The number of benzene rings is 3. The molecule has 0 aliphatic carbocycles. The molecule has 0 aromatic heterocycles. The third kappa shape index (κ3) is 8.16. The Morgan fingerprint density at radius 1 is 0.400 bits per heavy atom. The van der Waals surface area contributed by atoms with E-state index in [1.807, 2.05) is 0 Å². The van der Waals surface area contributed by atoms with Gasteiger partial charge in [0.05, 0.1) is 24.2 Å². The summed E-state index contributed by atoms with van der Waals surface area (Å²) in [6, 6.07) is 41.5. The number of hydrogen-bond acceptors (Lipinski definition) is 0. The Kier molecular flexibility index (Phi) is 9.66. The first-order valence-electron chi connectivity index (χ1n) is 13.3. The van der Waals surface area contributed by atoms with Crippen LogP contribution in [0.1, 0.15) is 0 Å². The standard InChI is InChI=1S/C30H45ClSi4/c1-32(2,28-16-10-7-11-17-28)22-25-35(31,26-23-33(3,4)29-18-12-8-13-19-29)27-24-34(5,6)30-20-14-9-15-21-30/h7-21H,22-27H2,1-6H3. The van der Waals surface area contributed by atoms with E-state index < -0.39 is 31.6 Å². The molecule has 0 atom stereocenters. The molecule has 3 aromatic carbocycles. The van der Waals surface area contributed by atoms with Crippen LogP contribution < -0.4 is 15.6 Å². The van der Waals surface area contributed by atoms with Crippen LogP contribution in [0.25, 0.3) is 0 Å². The molecule has 0 unspecified atom stereocenters. The van der Waals surface area contributed by atoms with Crippen molar-refractivity contribution >= 4 is 58.2 Å². The Bertz CT molecular complexity index is 899. The van der Waals surface area contributed by atoms with Gasteiger partial charge in [0.2, 0.25) is 0 Å². The van der Waals surface area contributed by atoms with Crippen LogP contribution in [-0.2, 0) is 0 Å². The van der Waals surface area contributed by atoms with Crippen LogP contribution >= 0.6 is 11.1 Å². The van der Waals surface area contributed by atoms with E-state index in [0.717, 1.165) is 0 Å². The lowest BCUT2D eigenvalue weighted by Gasteiger charge is -2.34. The minimum absolute atomic E-state index is 1.27. The van der Waals surface area contributed by atoms with Crippen LogP contribution in [0, 0.1) is 0 Å². The molecule has 0 radical (unpaired) electrons. The van der Waals surface area contributed by atoms with Gasteiger partial charge in [0.15, 0.2) is 7.38 Å². The van der Waals surface area contributed by atoms with E-state index in [-0.39, 0.29) is 0 Å². The monoisotopic (exact) mass is 552 g/mol. The van der Waals surface area contributed by atoms with Crippen molar-refractivity contribution in [1.29, 1.82) is 0 Å². The minimum Gasteiger partial charge on any atom is -0.167 e. The van der Waals surface area contributed by atoms with Gasteiger partial charge in [0, 0.05) is 0 Å². The number of rotatable bonds is 12. The molecular formula is C30H45ClSi4. The molecule has 0 aliphatic rings. The summed E-state index contributed by atoms with van der Waals surface area (Å²) in [5.41, 5.74) is 0. The molecule has 0 heterocycles. The van der Waals surface area contributed by atoms with E-state index >= 15 is 0 Å². The molecule has 0 N–H and O–H groups in total. The van der Waals surface area contributed by atoms with Gasteiger partial charge in [0.25, 0.3) is 0 Å². The van der Waals surface area contributed by atoms with Gasteiger partial charge in [0.1, 0.15) is 0 Å². The zero-order valence-electron chi connectivity index (χ0n) is 22.8. The average Bonchev–Trinajstić information content (AvgIpc) is 2.87. The van der Waals surface area contributed by atoms with Crippen molar-refractivity contribution in [2.75, 3.05) is 0 Å². The quantitative estimate of drug-likeness (QED) is 0.157. The predicted molar refractivity (Wildman–Crippen MR) is 171 cm³/mol. The molecule has 35 heavy (non-hydrogen) atoms. The molecule has 0 bridgehead atoms. The van der Waals surface area contributed by atoms with E-state index in [9.17, 15) is 0 Å². The number of halogens is 1. The third-order valence-electron chi connectivity index (χ3n) is 8.26. The summed E-state index contributed by atoms with van der Waals surface area (Å²) in [5, 5.41) is 4.72. The van der Waals surface area contributed by atoms with Crippen molar-refractivity contribution in [2.45, 2.75) is 75.5 Å². The third-order valence-corrected chi connectivity index (χ3v) is 25.1. The second kappa shape index (κ2) is 11.9. The van der Waals surface area contributed by atoms with E-state index in [0.29, 0.717) is 0 Å². The molecular weight excluding hydrogens is 508 g/mol. The topological polar surface area (TPSA) is 0 Å². The smallest absolute Gasteiger partial charge is 0.155 e. The lowest BCUT2D eigenvalue weighted by atomic mass is 10.4. The Hall–Kier alpha value is -1.18. The van der Waals surface area contributed by atoms with Gasteiger partial charge in [-0.2, -0.15) is 11.1 Å². The van der Waals surface area contributed by atoms with E-state index in [4.69, 9.17) is 11.1 Å². The fraction of sp³-hybridized carbons (Fsp3) is 0.400. The largest absolute Gasteiger partial charge is 0.167 e. The summed E-state index contributed by atoms with van der Waals surface area (Å²) in [5.74, 6) is 0. The summed E-state index contributed by atoms with van der Waals surface area (Å²) in [6.07, 6.45) is 0. The lowest BCUT2D eigenvalue weighted by Crippen LogP contribution is -2.47. The molecule has 5 heteroatoms. The van der Waals surface area contributed by atoms with Crippen molar-refractivity contribution in [3.05, 3.63) is 91.0 Å². The maximum Gasteiger partial charge on any atom is 0.155 e. The SMILES string of the molecule is C[Si](C)(CC[Si](Cl)(CC[Si](C)(C)c1ccccc1)CC[Si](C)(C)c1ccccc1)c1ccccc1. The van der Waals surface area contributed by atoms with Crippen molar-refractivity contribution in [3.63, 3.8) is 0 Å². The summed E-state index contributed by atoms with van der Waals surface area (Å²) in [4.78, 5) is 0. The molecule has 0 aliphatic heterocycles. The zero-order valence-corrected chi connectivity index (χ0v) is 27.5. The van der Waals surface area contributed by atoms with Crippen LogP contribution in [0.2, 0.25) is 75.5 Å². The minimum atomic E-state index is -1.90. The number of hydrogen-bond donors (Lipinski definition) is 0. The van der Waals surface area contributed by atoms with Crippen LogP contribution in [0.4, 0.5) is 0 Å². The highest BCUT2D eigenvalue weighted by Gasteiger charge is 2.38. The van der Waals surface area contributed by atoms with Crippen LogP contribution in [-0.4, -0.2) is 31.6 Å². The van der Waals surface area contributed by atoms with Gasteiger partial charge in [-0.05, 0) is 18.1 Å². The molecule has 0 nitrogen and oxygen atoms in total. The molecule has 0 saturated carbocycles. The van der Waals surface area contributed by atoms with Crippen molar-refractivity contribution < 1.29 is 0 Å². The van der Waals surface area contributed by atoms with Gasteiger partial charge in [-0.1, -0.05) is 164 Å². The van der Waals surface area contributed by atoms with E-state index in [1.54, 1.807) is 15.6 Å². The van der Waals surface area contributed by atoms with Crippen molar-refractivity contribution in [1.82, 2.24) is 0 Å². The van der Waals surface area contributed by atoms with E-state index in [2.05, 4.69) is 130 Å². The molecule has 3 aromatic rings. The first-order chi connectivity index (χ1) is 16.4. The average molecular weight is 553 g/mol. The normalized spacial score (nSPS) is 13.1. The molecule has 0 spiro atoms. The summed E-state index contributed by atoms with van der Waals surface area (Å²) < 4.78 is 0. The fourth-order valence-corrected chi connectivity index (χ4v) is 25.4. The Balaban J connectivity index is 1.77. The maximum atomic E-state index is 7.83. The fourth-order valence-electron chi connectivity index (χ4n) is 5.09. The van der Waals surface area contributed by atoms with Gasteiger partial charge in [-0.25, -0.2) is 0 Å². The molecule has 3 rings (SSSR count). The summed E-state index contributed by atoms with van der Waals surface area (Å²) >= 11 is 7.83. The second-order valence-electron chi connectivity index (χ2n) is 12.4. The molecule has 0 fully saturated rings. The Morgan fingerprint density at radius 2 is 0.629 bits per heavy atom. The second-order valence-corrected chi connectivity index (χ2v) is 33.1. The molecule has 0 amide bonds. The Labute approximate surface area is 223 Å². The predicted octanol–water partition coefficient (Wildman–Crippen LogP) is 8.02. The highest BCUT2D eigenvalue weighted by molar-refractivity contribution is 7.21. The van der Waals surface area contributed by atoms with Gasteiger partial charge < -0.3 is 0 Å². The molecule has 188 valence electrons. The zero-order chi connectivity index (χ0) is 25.6. The first kappa shape index (κ1) is 28.4. The maximum absolute atomic E-state index is 7.83. The first-order valence-corrected chi connectivity index (χ1v) is 26.5. The van der Waals surface area contributed by atoms with Crippen molar-refractivity contribution in [2.24, 2.45) is 0 Å². The summed E-state index contributed by atoms with van der Waals surface area (Å²) in [6.45, 7) is 15.2. The summed E-state index contributed by atoms with van der Waals surface area (Å²) in [7, 11) is -6.38. The van der Waals surface area contributed by atoms with Crippen LogP contribution in [0.5, 0.6) is 0 Å². The van der Waals surface area contributed by atoms with Crippen LogP contribution in [0.3, 0.4) is 0 Å². The van der Waals surface area contributed by atoms with Gasteiger partial charge >= 0.3 is 0 Å². The highest BCUT2D eigenvalue weighted by atomic mass is 35.6. The van der Waals surface area contributed by atoms with Gasteiger partial charge in [-0.3, -0.25) is 0 Å².